The Morgan fingerprint density at radius 3 is 2.32 bits per heavy atom. The van der Waals surface area contributed by atoms with Gasteiger partial charge >= 0.3 is 5.97 Å². The van der Waals surface area contributed by atoms with Gasteiger partial charge in [-0.2, -0.15) is 4.39 Å². The fourth-order valence-corrected chi connectivity index (χ4v) is 2.06. The number of amides is 2. The third-order valence-corrected chi connectivity index (χ3v) is 3.18. The number of aryl methyl sites for hydroxylation is 1. The van der Waals surface area contributed by atoms with Gasteiger partial charge in [0.05, 0.1) is 16.7 Å². The van der Waals surface area contributed by atoms with E-state index in [1.165, 1.54) is 25.1 Å². The summed E-state index contributed by atoms with van der Waals surface area (Å²) in [4.78, 5) is 44.3. The van der Waals surface area contributed by atoms with Crippen LogP contribution in [-0.4, -0.2) is 27.8 Å². The van der Waals surface area contributed by atoms with Crippen LogP contribution in [0.2, 0.25) is 0 Å². The highest BCUT2D eigenvalue weighted by molar-refractivity contribution is 6.21. The fourth-order valence-electron chi connectivity index (χ4n) is 2.06. The molecular formula is C15H9FN2O4. The molecule has 0 saturated heterocycles. The number of pyridine rings is 1. The van der Waals surface area contributed by atoms with Crippen molar-refractivity contribution in [1.82, 2.24) is 10.0 Å². The number of carbonyl (C=O) groups is 3. The molecule has 1 aliphatic rings. The summed E-state index contributed by atoms with van der Waals surface area (Å²) in [7, 11) is 0. The van der Waals surface area contributed by atoms with Crippen LogP contribution in [0.3, 0.4) is 0 Å². The van der Waals surface area contributed by atoms with Crippen molar-refractivity contribution in [1.29, 1.82) is 0 Å². The number of benzene rings is 1. The first-order valence-electron chi connectivity index (χ1n) is 6.31. The molecule has 1 aromatic carbocycles. The van der Waals surface area contributed by atoms with Crippen molar-refractivity contribution in [2.24, 2.45) is 0 Å². The van der Waals surface area contributed by atoms with Crippen LogP contribution in [-0.2, 0) is 4.84 Å². The average Bonchev–Trinajstić information content (AvgIpc) is 2.75. The lowest BCUT2D eigenvalue weighted by Crippen LogP contribution is -2.32. The van der Waals surface area contributed by atoms with E-state index in [1.807, 2.05) is 0 Å². The van der Waals surface area contributed by atoms with Gasteiger partial charge in [0, 0.05) is 11.8 Å². The second-order valence-corrected chi connectivity index (χ2v) is 4.66. The van der Waals surface area contributed by atoms with Crippen molar-refractivity contribution < 1.29 is 23.6 Å². The van der Waals surface area contributed by atoms with Crippen LogP contribution in [0, 0.1) is 12.9 Å². The molecule has 2 amide bonds. The zero-order valence-corrected chi connectivity index (χ0v) is 11.4. The molecule has 110 valence electrons. The molecule has 0 saturated carbocycles. The van der Waals surface area contributed by atoms with Gasteiger partial charge in [0.1, 0.15) is 0 Å². The quantitative estimate of drug-likeness (QED) is 0.625. The van der Waals surface area contributed by atoms with Gasteiger partial charge in [-0.05, 0) is 25.1 Å². The first-order chi connectivity index (χ1) is 10.5. The first kappa shape index (κ1) is 13.9. The van der Waals surface area contributed by atoms with E-state index in [4.69, 9.17) is 4.84 Å². The molecule has 22 heavy (non-hydrogen) atoms. The van der Waals surface area contributed by atoms with Crippen LogP contribution in [0.25, 0.3) is 0 Å². The summed E-state index contributed by atoms with van der Waals surface area (Å²) in [5, 5.41) is 0.395. The number of hydrogen-bond acceptors (Lipinski definition) is 5. The lowest BCUT2D eigenvalue weighted by Gasteiger charge is -2.12. The van der Waals surface area contributed by atoms with Crippen LogP contribution < -0.4 is 0 Å². The molecule has 0 unspecified atom stereocenters. The predicted octanol–water partition coefficient (Wildman–Crippen LogP) is 1.90. The molecule has 0 N–H and O–H groups in total. The van der Waals surface area contributed by atoms with Crippen molar-refractivity contribution in [3.63, 3.8) is 0 Å². The number of nitrogens with zero attached hydrogens (tertiary/aromatic N) is 2. The maximum atomic E-state index is 13.1. The fraction of sp³-hybridized carbons (Fsp3) is 0.0667. The molecule has 2 heterocycles. The number of rotatable bonds is 2. The molecule has 6 nitrogen and oxygen atoms in total. The van der Waals surface area contributed by atoms with E-state index in [1.54, 1.807) is 12.1 Å². The number of hydrogen-bond donors (Lipinski definition) is 0. The van der Waals surface area contributed by atoms with Gasteiger partial charge in [0.2, 0.25) is 5.95 Å². The van der Waals surface area contributed by atoms with Crippen molar-refractivity contribution in [2.75, 3.05) is 0 Å². The van der Waals surface area contributed by atoms with Crippen molar-refractivity contribution in [3.8, 4) is 0 Å². The van der Waals surface area contributed by atoms with Gasteiger partial charge in [-0.3, -0.25) is 9.59 Å². The predicted molar refractivity (Wildman–Crippen MR) is 71.3 cm³/mol. The van der Waals surface area contributed by atoms with Gasteiger partial charge in [-0.1, -0.05) is 17.2 Å². The Bertz CT molecular complexity index is 784. The van der Waals surface area contributed by atoms with Crippen LogP contribution in [0.15, 0.2) is 36.5 Å². The standard InChI is InChI=1S/C15H9FN2O4/c1-8-6-9(7-17-12(8)16)15(21)22-18-13(19)10-4-2-3-5-11(10)14(18)20/h2-7H,1H3. The average molecular weight is 300 g/mol. The van der Waals surface area contributed by atoms with Crippen molar-refractivity contribution >= 4 is 17.8 Å². The molecule has 0 fully saturated rings. The minimum Gasteiger partial charge on any atom is -0.324 e. The van der Waals surface area contributed by atoms with E-state index in [0.29, 0.717) is 5.06 Å². The van der Waals surface area contributed by atoms with E-state index in [9.17, 15) is 18.8 Å². The van der Waals surface area contributed by atoms with Gasteiger partial charge in [-0.25, -0.2) is 9.78 Å². The SMILES string of the molecule is Cc1cc(C(=O)ON2C(=O)c3ccccc3C2=O)cnc1F. The molecule has 1 aromatic heterocycles. The van der Waals surface area contributed by atoms with Gasteiger partial charge in [-0.15, -0.1) is 0 Å². The summed E-state index contributed by atoms with van der Waals surface area (Å²) in [5.41, 5.74) is 0.412. The van der Waals surface area contributed by atoms with Gasteiger partial charge < -0.3 is 4.84 Å². The normalized spacial score (nSPS) is 13.3. The summed E-state index contributed by atoms with van der Waals surface area (Å²) in [5.74, 6) is -3.12. The Morgan fingerprint density at radius 2 is 1.77 bits per heavy atom. The topological polar surface area (TPSA) is 76.6 Å². The smallest absolute Gasteiger partial charge is 0.324 e. The van der Waals surface area contributed by atoms with E-state index in [-0.39, 0.29) is 22.3 Å². The maximum absolute atomic E-state index is 13.1. The molecular weight excluding hydrogens is 291 g/mol. The number of hydroxylamine groups is 2. The monoisotopic (exact) mass is 300 g/mol. The molecule has 0 spiro atoms. The lowest BCUT2D eigenvalue weighted by molar-refractivity contribution is -0.0585. The summed E-state index contributed by atoms with van der Waals surface area (Å²) in [6, 6.07) is 7.36. The van der Waals surface area contributed by atoms with E-state index >= 15 is 0 Å². The zero-order valence-electron chi connectivity index (χ0n) is 11.4. The summed E-state index contributed by atoms with van der Waals surface area (Å²) < 4.78 is 13.1. The van der Waals surface area contributed by atoms with Gasteiger partial charge in [0.15, 0.2) is 0 Å². The second-order valence-electron chi connectivity index (χ2n) is 4.66. The van der Waals surface area contributed by atoms with E-state index in [2.05, 4.69) is 4.98 Å². The number of carbonyl (C=O) groups excluding carboxylic acids is 3. The van der Waals surface area contributed by atoms with Gasteiger partial charge in [0.25, 0.3) is 11.8 Å². The Morgan fingerprint density at radius 1 is 1.18 bits per heavy atom. The molecule has 0 bridgehead atoms. The first-order valence-corrected chi connectivity index (χ1v) is 6.31. The minimum absolute atomic E-state index is 0.0598. The Balaban J connectivity index is 1.85. The van der Waals surface area contributed by atoms with Crippen LogP contribution in [0.1, 0.15) is 36.6 Å². The maximum Gasteiger partial charge on any atom is 0.365 e. The largest absolute Gasteiger partial charge is 0.365 e. The summed E-state index contributed by atoms with van der Waals surface area (Å²) in [6.45, 7) is 1.43. The third-order valence-electron chi connectivity index (χ3n) is 3.18. The van der Waals surface area contributed by atoms with Crippen LogP contribution >= 0.6 is 0 Å². The highest BCUT2D eigenvalue weighted by Crippen LogP contribution is 2.23. The molecule has 0 atom stereocenters. The Kier molecular flexibility index (Phi) is 3.17. The van der Waals surface area contributed by atoms with Crippen molar-refractivity contribution in [3.05, 3.63) is 64.7 Å². The van der Waals surface area contributed by atoms with Crippen molar-refractivity contribution in [2.45, 2.75) is 6.92 Å². The third kappa shape index (κ3) is 2.12. The highest BCUT2D eigenvalue weighted by atomic mass is 19.1. The minimum atomic E-state index is -0.967. The van der Waals surface area contributed by atoms with Crippen LogP contribution in [0.5, 0.6) is 0 Å². The number of halogens is 1. The molecule has 1 aliphatic heterocycles. The summed E-state index contributed by atoms with van der Waals surface area (Å²) in [6.07, 6.45) is 0.975. The second kappa shape index (κ2) is 5.03. The van der Waals surface area contributed by atoms with E-state index in [0.717, 1.165) is 6.20 Å². The molecule has 7 heteroatoms. The number of imide groups is 1. The number of fused-ring (bicyclic) bond motifs is 1. The highest BCUT2D eigenvalue weighted by Gasteiger charge is 2.38. The van der Waals surface area contributed by atoms with E-state index < -0.39 is 23.7 Å². The summed E-state index contributed by atoms with van der Waals surface area (Å²) >= 11 is 0. The lowest BCUT2D eigenvalue weighted by atomic mass is 10.1. The number of aromatic nitrogens is 1. The van der Waals surface area contributed by atoms with Crippen LogP contribution in [0.4, 0.5) is 4.39 Å². The Labute approximate surface area is 124 Å². The Hall–Kier alpha value is -3.09. The zero-order chi connectivity index (χ0) is 15.9. The molecule has 3 rings (SSSR count). The molecule has 0 radical (unpaired) electrons. The molecule has 2 aromatic rings. The molecule has 0 aliphatic carbocycles.